The molecule has 0 aliphatic carbocycles. The van der Waals surface area contributed by atoms with Crippen molar-refractivity contribution in [2.45, 2.75) is 197 Å². The minimum absolute atomic E-state index is 1.18. The predicted molar refractivity (Wildman–Crippen MR) is 179 cm³/mol. The minimum atomic E-state index is 1.18. The average molecular weight is 511 g/mol. The lowest BCUT2D eigenvalue weighted by Crippen LogP contribution is -1.66. The third kappa shape index (κ3) is 116. The maximum Gasteiger partial charge on any atom is -0.0354 e. The first-order valence-electron chi connectivity index (χ1n) is 16.3. The van der Waals surface area contributed by atoms with E-state index in [0.29, 0.717) is 0 Å². The molecule has 0 heteroatoms. The first-order valence-corrected chi connectivity index (χ1v) is 16.3. The van der Waals surface area contributed by atoms with E-state index in [1.54, 1.807) is 0 Å². The normalized spacial score (nSPS) is 8.58. The molecular weight excluding hydrogens is 432 g/mol. The van der Waals surface area contributed by atoms with Crippen molar-refractivity contribution in [2.24, 2.45) is 0 Å². The summed E-state index contributed by atoms with van der Waals surface area (Å²) < 4.78 is 0. The molecule has 0 radical (unpaired) electrons. The Labute approximate surface area is 234 Å². The highest BCUT2D eigenvalue weighted by atomic mass is 13.8. The number of unbranched alkanes of at least 4 members (excludes halogenated alkanes) is 15. The van der Waals surface area contributed by atoms with Crippen molar-refractivity contribution in [2.75, 3.05) is 0 Å². The van der Waals surface area contributed by atoms with Gasteiger partial charge in [0.1, 0.15) is 0 Å². The van der Waals surface area contributed by atoms with Crippen LogP contribution < -0.4 is 0 Å². The quantitative estimate of drug-likeness (QED) is 0.127. The molecule has 0 fully saturated rings. The summed E-state index contributed by atoms with van der Waals surface area (Å²) in [5, 5.41) is 0. The van der Waals surface area contributed by atoms with Crippen molar-refractivity contribution in [3.63, 3.8) is 0 Å². The lowest BCUT2D eigenvalue weighted by molar-refractivity contribution is 0.702. The van der Waals surface area contributed by atoms with Gasteiger partial charge in [0, 0.05) is 0 Å². The lowest BCUT2D eigenvalue weighted by Gasteiger charge is -1.86. The topological polar surface area (TPSA) is 0 Å². The molecule has 0 nitrogen and oxygen atoms in total. The standard InChI is InChI=1S/3C6H14.3C6H12/c6*1-3-5-6-4-2/h3*3-6H2,1-2H3;3*3H,1,4-6H2,2H3. The van der Waals surface area contributed by atoms with Crippen molar-refractivity contribution in [1.82, 2.24) is 0 Å². The lowest BCUT2D eigenvalue weighted by atomic mass is 10.2. The van der Waals surface area contributed by atoms with E-state index < -0.39 is 0 Å². The van der Waals surface area contributed by atoms with Gasteiger partial charge < -0.3 is 0 Å². The maximum absolute atomic E-state index is 3.60. The van der Waals surface area contributed by atoms with Gasteiger partial charge in [-0.1, -0.05) is 196 Å². The summed E-state index contributed by atoms with van der Waals surface area (Å²) in [6, 6.07) is 0. The average Bonchev–Trinajstić information content (AvgIpc) is 2.92. The fourth-order valence-electron chi connectivity index (χ4n) is 2.55. The van der Waals surface area contributed by atoms with Crippen molar-refractivity contribution in [3.05, 3.63) is 38.0 Å². The van der Waals surface area contributed by atoms with Gasteiger partial charge in [0.05, 0.1) is 0 Å². The Bertz CT molecular complexity index is 229. The van der Waals surface area contributed by atoms with Gasteiger partial charge in [-0.25, -0.2) is 0 Å². The van der Waals surface area contributed by atoms with E-state index in [1.165, 1.54) is 135 Å². The first kappa shape index (κ1) is 48.3. The fraction of sp³-hybridized carbons (Fsp3) is 0.833. The van der Waals surface area contributed by atoms with Crippen molar-refractivity contribution in [3.8, 4) is 0 Å². The highest BCUT2D eigenvalue weighted by Gasteiger charge is 1.77. The van der Waals surface area contributed by atoms with Crippen LogP contribution in [0, 0.1) is 0 Å². The Kier molecular flexibility index (Phi) is 94.0. The van der Waals surface area contributed by atoms with E-state index in [-0.39, 0.29) is 0 Å². The fourth-order valence-corrected chi connectivity index (χ4v) is 2.55. The second-order valence-corrected chi connectivity index (χ2v) is 9.41. The molecule has 0 aromatic heterocycles. The molecule has 0 unspecified atom stereocenters. The molecule has 0 aromatic carbocycles. The van der Waals surface area contributed by atoms with Crippen LogP contribution in [0.2, 0.25) is 0 Å². The molecular formula is C36H78. The molecule has 0 saturated carbocycles. The third-order valence-corrected chi connectivity index (χ3v) is 5.16. The zero-order chi connectivity index (χ0) is 29.0. The Morgan fingerprint density at radius 1 is 0.278 bits per heavy atom. The second-order valence-electron chi connectivity index (χ2n) is 9.41. The van der Waals surface area contributed by atoms with E-state index in [4.69, 9.17) is 0 Å². The Balaban J connectivity index is -0.0000000750. The van der Waals surface area contributed by atoms with Gasteiger partial charge in [0.2, 0.25) is 0 Å². The molecule has 0 aliphatic rings. The number of hydrogen-bond donors (Lipinski definition) is 0. The van der Waals surface area contributed by atoms with Crippen LogP contribution in [-0.2, 0) is 0 Å². The maximum atomic E-state index is 3.60. The molecule has 0 aliphatic heterocycles. The van der Waals surface area contributed by atoms with Crippen LogP contribution >= 0.6 is 0 Å². The van der Waals surface area contributed by atoms with E-state index in [0.717, 1.165) is 0 Å². The van der Waals surface area contributed by atoms with E-state index >= 15 is 0 Å². The van der Waals surface area contributed by atoms with E-state index in [2.05, 4.69) is 82.1 Å². The van der Waals surface area contributed by atoms with Crippen LogP contribution in [0.5, 0.6) is 0 Å². The van der Waals surface area contributed by atoms with Crippen LogP contribution in [0.1, 0.15) is 197 Å². The van der Waals surface area contributed by atoms with Gasteiger partial charge in [-0.3, -0.25) is 0 Å². The predicted octanol–water partition coefficient (Wildman–Crippen LogP) is 14.8. The Morgan fingerprint density at radius 2 is 0.417 bits per heavy atom. The number of rotatable bonds is 18. The van der Waals surface area contributed by atoms with Crippen LogP contribution in [0.25, 0.3) is 0 Å². The molecule has 0 heterocycles. The molecule has 0 spiro atoms. The highest BCUT2D eigenvalue weighted by Crippen LogP contribution is 1.97. The van der Waals surface area contributed by atoms with E-state index in [1.807, 2.05) is 18.2 Å². The molecule has 0 N–H and O–H groups in total. The molecule has 0 amide bonds. The molecule has 222 valence electrons. The summed E-state index contributed by atoms with van der Waals surface area (Å²) in [5.41, 5.74) is 0. The smallest absolute Gasteiger partial charge is 0.0354 e. The summed E-state index contributed by atoms with van der Waals surface area (Å²) in [4.78, 5) is 0. The zero-order valence-corrected chi connectivity index (χ0v) is 27.7. The summed E-state index contributed by atoms with van der Waals surface area (Å²) in [5.74, 6) is 0. The zero-order valence-electron chi connectivity index (χ0n) is 27.7. The summed E-state index contributed by atoms with van der Waals surface area (Å²) in [7, 11) is 0. The van der Waals surface area contributed by atoms with Crippen LogP contribution in [0.4, 0.5) is 0 Å². The summed E-state index contributed by atoms with van der Waals surface area (Å²) >= 11 is 0. The molecule has 0 aromatic rings. The Hall–Kier alpha value is -0.780. The summed E-state index contributed by atoms with van der Waals surface area (Å²) in [6.07, 6.45) is 33.8. The van der Waals surface area contributed by atoms with Crippen molar-refractivity contribution >= 4 is 0 Å². The monoisotopic (exact) mass is 511 g/mol. The van der Waals surface area contributed by atoms with Crippen molar-refractivity contribution in [1.29, 1.82) is 0 Å². The molecule has 36 heavy (non-hydrogen) atoms. The number of allylic oxidation sites excluding steroid dienone is 3. The van der Waals surface area contributed by atoms with Gasteiger partial charge in [-0.05, 0) is 19.3 Å². The molecule has 0 saturated heterocycles. The van der Waals surface area contributed by atoms with Crippen molar-refractivity contribution < 1.29 is 0 Å². The van der Waals surface area contributed by atoms with Gasteiger partial charge in [-0.2, -0.15) is 0 Å². The Morgan fingerprint density at radius 3 is 0.472 bits per heavy atom. The molecule has 0 rings (SSSR count). The van der Waals surface area contributed by atoms with Gasteiger partial charge in [0.25, 0.3) is 0 Å². The minimum Gasteiger partial charge on any atom is -0.103 e. The summed E-state index contributed by atoms with van der Waals surface area (Å²) in [6.45, 7) is 30.7. The third-order valence-electron chi connectivity index (χ3n) is 5.16. The van der Waals surface area contributed by atoms with Crippen LogP contribution in [0.15, 0.2) is 38.0 Å². The largest absolute Gasteiger partial charge is 0.103 e. The number of hydrogen-bond acceptors (Lipinski definition) is 0. The second kappa shape index (κ2) is 70.0. The van der Waals surface area contributed by atoms with Crippen LogP contribution in [0.3, 0.4) is 0 Å². The van der Waals surface area contributed by atoms with Gasteiger partial charge in [-0.15, -0.1) is 19.7 Å². The SMILES string of the molecule is C=CCCCC.C=CCCCC.C=CCCCC.CCCCCC.CCCCCC.CCCCCC. The molecule has 0 bridgehead atoms. The highest BCUT2D eigenvalue weighted by molar-refractivity contribution is 4.65. The first-order chi connectivity index (χ1) is 17.5. The van der Waals surface area contributed by atoms with E-state index in [9.17, 15) is 0 Å². The molecule has 0 atom stereocenters. The van der Waals surface area contributed by atoms with Crippen LogP contribution in [-0.4, -0.2) is 0 Å². The van der Waals surface area contributed by atoms with Gasteiger partial charge in [0.15, 0.2) is 0 Å². The van der Waals surface area contributed by atoms with Gasteiger partial charge >= 0.3 is 0 Å².